The molecule has 0 saturated carbocycles. The zero-order valence-electron chi connectivity index (χ0n) is 9.95. The van der Waals surface area contributed by atoms with Crippen molar-refractivity contribution >= 4 is 5.97 Å². The van der Waals surface area contributed by atoms with Gasteiger partial charge in [-0.25, -0.2) is 9.78 Å². The summed E-state index contributed by atoms with van der Waals surface area (Å²) in [4.78, 5) is 15.2. The number of rotatable bonds is 5. The monoisotopic (exact) mass is 266 g/mol. The molecule has 0 amide bonds. The van der Waals surface area contributed by atoms with Crippen LogP contribution in [0.2, 0.25) is 0 Å². The summed E-state index contributed by atoms with van der Waals surface area (Å²) < 4.78 is 46.0. The molecule has 0 fully saturated rings. The summed E-state index contributed by atoms with van der Waals surface area (Å²) in [7, 11) is 1.22. The van der Waals surface area contributed by atoms with Crippen LogP contribution in [0, 0.1) is 6.92 Å². The fourth-order valence-electron chi connectivity index (χ4n) is 1.36. The van der Waals surface area contributed by atoms with E-state index in [1.54, 1.807) is 6.92 Å². The molecule has 18 heavy (non-hydrogen) atoms. The number of methoxy groups -OCH3 is 1. The van der Waals surface area contributed by atoms with Crippen LogP contribution in [0.3, 0.4) is 0 Å². The van der Waals surface area contributed by atoms with E-state index in [1.165, 1.54) is 17.9 Å². The second kappa shape index (κ2) is 5.85. The molecule has 0 saturated heterocycles. The van der Waals surface area contributed by atoms with Crippen LogP contribution in [-0.2, 0) is 16.0 Å². The van der Waals surface area contributed by atoms with Crippen molar-refractivity contribution in [3.05, 3.63) is 17.7 Å². The number of hydrogen-bond donors (Lipinski definition) is 0. The minimum Gasteiger partial charge on any atom is -0.464 e. The molecule has 1 aromatic heterocycles. The molecular weight excluding hydrogens is 253 g/mol. The third kappa shape index (κ3) is 4.02. The SMILES string of the molecule is COC(=O)c1cnc(C)n1CCOCC(F)(F)F. The predicted octanol–water partition coefficient (Wildman–Crippen LogP) is 1.56. The topological polar surface area (TPSA) is 53.3 Å². The molecule has 1 heterocycles. The number of hydrogen-bond acceptors (Lipinski definition) is 4. The van der Waals surface area contributed by atoms with Crippen molar-refractivity contribution in [2.24, 2.45) is 0 Å². The van der Waals surface area contributed by atoms with Crippen LogP contribution in [0.4, 0.5) is 13.2 Å². The highest BCUT2D eigenvalue weighted by atomic mass is 19.4. The van der Waals surface area contributed by atoms with Crippen molar-refractivity contribution < 1.29 is 27.4 Å². The Morgan fingerprint density at radius 3 is 2.72 bits per heavy atom. The van der Waals surface area contributed by atoms with Crippen LogP contribution in [0.1, 0.15) is 16.3 Å². The Morgan fingerprint density at radius 1 is 1.50 bits per heavy atom. The zero-order chi connectivity index (χ0) is 13.8. The summed E-state index contributed by atoms with van der Waals surface area (Å²) in [6.45, 7) is 0.261. The van der Waals surface area contributed by atoms with Gasteiger partial charge in [0, 0.05) is 6.54 Å². The largest absolute Gasteiger partial charge is 0.464 e. The highest BCUT2D eigenvalue weighted by Crippen LogP contribution is 2.14. The molecule has 0 aliphatic rings. The van der Waals surface area contributed by atoms with Crippen LogP contribution >= 0.6 is 0 Å². The first kappa shape index (κ1) is 14.5. The second-order valence-corrected chi connectivity index (χ2v) is 3.50. The Hall–Kier alpha value is -1.57. The van der Waals surface area contributed by atoms with Gasteiger partial charge in [-0.05, 0) is 6.92 Å². The second-order valence-electron chi connectivity index (χ2n) is 3.50. The van der Waals surface area contributed by atoms with Gasteiger partial charge in [-0.2, -0.15) is 13.2 Å². The molecule has 0 N–H and O–H groups in total. The van der Waals surface area contributed by atoms with E-state index in [1.807, 2.05) is 0 Å². The van der Waals surface area contributed by atoms with E-state index in [9.17, 15) is 18.0 Å². The summed E-state index contributed by atoms with van der Waals surface area (Å²) in [6, 6.07) is 0. The zero-order valence-corrected chi connectivity index (χ0v) is 9.95. The molecule has 0 aromatic carbocycles. The van der Waals surface area contributed by atoms with Gasteiger partial charge in [-0.3, -0.25) is 0 Å². The molecule has 0 unspecified atom stereocenters. The maximum atomic E-state index is 11.8. The first-order valence-corrected chi connectivity index (χ1v) is 5.10. The van der Waals surface area contributed by atoms with E-state index in [0.717, 1.165) is 0 Å². The van der Waals surface area contributed by atoms with Crippen molar-refractivity contribution in [3.63, 3.8) is 0 Å². The van der Waals surface area contributed by atoms with E-state index in [4.69, 9.17) is 0 Å². The van der Waals surface area contributed by atoms with Crippen molar-refractivity contribution in [3.8, 4) is 0 Å². The van der Waals surface area contributed by atoms with Crippen molar-refractivity contribution in [1.82, 2.24) is 9.55 Å². The van der Waals surface area contributed by atoms with Crippen molar-refractivity contribution in [1.29, 1.82) is 0 Å². The molecule has 5 nitrogen and oxygen atoms in total. The van der Waals surface area contributed by atoms with Crippen LogP contribution in [-0.4, -0.2) is 42.0 Å². The van der Waals surface area contributed by atoms with Crippen LogP contribution in [0.25, 0.3) is 0 Å². The number of nitrogens with zero attached hydrogens (tertiary/aromatic N) is 2. The van der Waals surface area contributed by atoms with Crippen molar-refractivity contribution in [2.45, 2.75) is 19.6 Å². The summed E-state index contributed by atoms with van der Waals surface area (Å²) in [6.07, 6.45) is -3.04. The van der Waals surface area contributed by atoms with E-state index in [2.05, 4.69) is 14.5 Å². The molecule has 0 aliphatic carbocycles. The molecule has 8 heteroatoms. The van der Waals surface area contributed by atoms with E-state index >= 15 is 0 Å². The molecule has 0 atom stereocenters. The molecule has 0 radical (unpaired) electrons. The lowest BCUT2D eigenvalue weighted by Crippen LogP contribution is -2.20. The van der Waals surface area contributed by atoms with E-state index in [-0.39, 0.29) is 18.8 Å². The first-order valence-electron chi connectivity index (χ1n) is 5.10. The standard InChI is InChI=1S/C10H13F3N2O3/c1-7-14-5-8(9(16)17-2)15(7)3-4-18-6-10(11,12)13/h5H,3-4,6H2,1-2H3. The van der Waals surface area contributed by atoms with Gasteiger partial charge in [0.15, 0.2) is 0 Å². The summed E-state index contributed by atoms with van der Waals surface area (Å²) in [5.74, 6) is -0.0857. The van der Waals surface area contributed by atoms with Gasteiger partial charge >= 0.3 is 12.1 Å². The van der Waals surface area contributed by atoms with Crippen LogP contribution in [0.15, 0.2) is 6.20 Å². The molecule has 102 valence electrons. The third-order valence-electron chi connectivity index (χ3n) is 2.17. The minimum atomic E-state index is -4.35. The Balaban J connectivity index is 2.56. The molecule has 0 spiro atoms. The number of halogens is 3. The lowest BCUT2D eigenvalue weighted by atomic mass is 10.4. The first-order chi connectivity index (χ1) is 8.35. The molecule has 1 rings (SSSR count). The summed E-state index contributed by atoms with van der Waals surface area (Å²) >= 11 is 0. The Morgan fingerprint density at radius 2 is 2.17 bits per heavy atom. The van der Waals surface area contributed by atoms with E-state index in [0.29, 0.717) is 5.82 Å². The summed E-state index contributed by atoms with van der Waals surface area (Å²) in [5.41, 5.74) is 0.186. The van der Waals surface area contributed by atoms with Crippen molar-refractivity contribution in [2.75, 3.05) is 20.3 Å². The summed E-state index contributed by atoms with van der Waals surface area (Å²) in [5, 5.41) is 0. The van der Waals surface area contributed by atoms with Crippen LogP contribution < -0.4 is 0 Å². The Bertz CT molecular complexity index is 415. The number of carbonyl (C=O) groups excluding carboxylic acids is 1. The number of imidazole rings is 1. The Kier molecular flexibility index (Phi) is 4.71. The maximum absolute atomic E-state index is 11.8. The predicted molar refractivity (Wildman–Crippen MR) is 55.2 cm³/mol. The molecule has 0 aliphatic heterocycles. The fraction of sp³-hybridized carbons (Fsp3) is 0.600. The number of aryl methyl sites for hydroxylation is 1. The van der Waals surface area contributed by atoms with Gasteiger partial charge in [-0.15, -0.1) is 0 Å². The van der Waals surface area contributed by atoms with Gasteiger partial charge in [-0.1, -0.05) is 0 Å². The quantitative estimate of drug-likeness (QED) is 0.599. The van der Waals surface area contributed by atoms with Gasteiger partial charge < -0.3 is 14.0 Å². The minimum absolute atomic E-state index is 0.104. The van der Waals surface area contributed by atoms with Crippen LogP contribution in [0.5, 0.6) is 0 Å². The lowest BCUT2D eigenvalue weighted by Gasteiger charge is -2.10. The molecular formula is C10H13F3N2O3. The van der Waals surface area contributed by atoms with Gasteiger partial charge in [0.25, 0.3) is 0 Å². The molecule has 1 aromatic rings. The number of ether oxygens (including phenoxy) is 2. The average Bonchev–Trinajstić information content (AvgIpc) is 2.64. The van der Waals surface area contributed by atoms with E-state index < -0.39 is 18.8 Å². The number of aromatic nitrogens is 2. The average molecular weight is 266 g/mol. The number of alkyl halides is 3. The number of esters is 1. The van der Waals surface area contributed by atoms with Gasteiger partial charge in [0.05, 0.1) is 19.9 Å². The lowest BCUT2D eigenvalue weighted by molar-refractivity contribution is -0.174. The fourth-order valence-corrected chi connectivity index (χ4v) is 1.36. The third-order valence-corrected chi connectivity index (χ3v) is 2.17. The normalized spacial score (nSPS) is 11.6. The highest BCUT2D eigenvalue weighted by Gasteiger charge is 2.27. The maximum Gasteiger partial charge on any atom is 0.411 e. The highest BCUT2D eigenvalue weighted by molar-refractivity contribution is 5.87. The molecule has 0 bridgehead atoms. The Labute approximate surface area is 102 Å². The number of carbonyl (C=O) groups is 1. The smallest absolute Gasteiger partial charge is 0.411 e. The van der Waals surface area contributed by atoms with Gasteiger partial charge in [0.2, 0.25) is 0 Å². The van der Waals surface area contributed by atoms with Gasteiger partial charge in [0.1, 0.15) is 18.1 Å².